The van der Waals surface area contributed by atoms with Crippen molar-refractivity contribution in [3.63, 3.8) is 0 Å². The molecule has 0 saturated carbocycles. The Morgan fingerprint density at radius 1 is 1.58 bits per heavy atom. The maximum Gasteiger partial charge on any atom is 0.0958 e. The van der Waals surface area contributed by atoms with Crippen LogP contribution in [-0.2, 0) is 0 Å². The van der Waals surface area contributed by atoms with Gasteiger partial charge in [0.25, 0.3) is 0 Å². The first-order chi connectivity index (χ1) is 5.55. The quantitative estimate of drug-likeness (QED) is 0.731. The summed E-state index contributed by atoms with van der Waals surface area (Å²) in [6.45, 7) is 6.59. The summed E-state index contributed by atoms with van der Waals surface area (Å²) in [6, 6.07) is 0. The summed E-state index contributed by atoms with van der Waals surface area (Å²) < 4.78 is 0.288. The molecule has 0 aromatic heterocycles. The van der Waals surface area contributed by atoms with E-state index in [1.54, 1.807) is 0 Å². The zero-order chi connectivity index (χ0) is 9.19. The highest BCUT2D eigenvalue weighted by atomic mass is 32.2. The summed E-state index contributed by atoms with van der Waals surface area (Å²) in [5.41, 5.74) is 0. The van der Waals surface area contributed by atoms with Crippen LogP contribution in [0.25, 0.3) is 0 Å². The van der Waals surface area contributed by atoms with Gasteiger partial charge in [-0.15, -0.1) is 0 Å². The SMILES string of the molecule is CSC(C)(C)CN1CCCC1=N. The fourth-order valence-corrected chi connectivity index (χ4v) is 1.71. The molecule has 2 nitrogen and oxygen atoms in total. The van der Waals surface area contributed by atoms with Crippen molar-refractivity contribution in [3.05, 3.63) is 0 Å². The summed E-state index contributed by atoms with van der Waals surface area (Å²) in [7, 11) is 0. The number of nitrogens with zero attached hydrogens (tertiary/aromatic N) is 1. The van der Waals surface area contributed by atoms with Crippen molar-refractivity contribution in [1.82, 2.24) is 4.90 Å². The van der Waals surface area contributed by atoms with E-state index in [4.69, 9.17) is 5.41 Å². The van der Waals surface area contributed by atoms with Gasteiger partial charge in [0.2, 0.25) is 0 Å². The second-order valence-electron chi connectivity index (χ2n) is 3.94. The first-order valence-corrected chi connectivity index (χ1v) is 5.65. The summed E-state index contributed by atoms with van der Waals surface area (Å²) in [5.74, 6) is 0.831. The van der Waals surface area contributed by atoms with Crippen LogP contribution in [0.15, 0.2) is 0 Å². The molecule has 0 amide bonds. The van der Waals surface area contributed by atoms with E-state index < -0.39 is 0 Å². The molecule has 3 heteroatoms. The third-order valence-corrected chi connectivity index (χ3v) is 3.58. The van der Waals surface area contributed by atoms with Gasteiger partial charge in [0.1, 0.15) is 0 Å². The second kappa shape index (κ2) is 3.69. The molecular formula is C9H18N2S. The molecule has 1 aliphatic heterocycles. The van der Waals surface area contributed by atoms with Crippen LogP contribution in [0.4, 0.5) is 0 Å². The third kappa shape index (κ3) is 2.41. The van der Waals surface area contributed by atoms with Gasteiger partial charge in [-0.1, -0.05) is 0 Å². The molecule has 1 saturated heterocycles. The highest BCUT2D eigenvalue weighted by molar-refractivity contribution is 7.99. The zero-order valence-electron chi connectivity index (χ0n) is 8.18. The number of amidine groups is 1. The van der Waals surface area contributed by atoms with Crippen molar-refractivity contribution in [2.24, 2.45) is 0 Å². The Morgan fingerprint density at radius 2 is 2.25 bits per heavy atom. The Labute approximate surface area is 79.2 Å². The molecular weight excluding hydrogens is 168 g/mol. The van der Waals surface area contributed by atoms with E-state index in [1.807, 2.05) is 11.8 Å². The Morgan fingerprint density at radius 3 is 2.67 bits per heavy atom. The zero-order valence-corrected chi connectivity index (χ0v) is 9.00. The average Bonchev–Trinajstić information content (AvgIpc) is 2.36. The third-order valence-electron chi connectivity index (χ3n) is 2.35. The molecule has 0 radical (unpaired) electrons. The van der Waals surface area contributed by atoms with Crippen molar-refractivity contribution >= 4 is 17.6 Å². The fourth-order valence-electron chi connectivity index (χ4n) is 1.43. The first kappa shape index (κ1) is 9.90. The van der Waals surface area contributed by atoms with Gasteiger partial charge in [-0.2, -0.15) is 11.8 Å². The van der Waals surface area contributed by atoms with E-state index >= 15 is 0 Å². The number of likely N-dealkylation sites (tertiary alicyclic amines) is 1. The lowest BCUT2D eigenvalue weighted by Crippen LogP contribution is -2.36. The summed E-state index contributed by atoms with van der Waals surface area (Å²) in [5, 5.41) is 7.68. The van der Waals surface area contributed by atoms with Crippen molar-refractivity contribution in [1.29, 1.82) is 5.41 Å². The van der Waals surface area contributed by atoms with Gasteiger partial charge in [-0.3, -0.25) is 5.41 Å². The van der Waals surface area contributed by atoms with Crippen LogP contribution in [-0.4, -0.2) is 34.8 Å². The van der Waals surface area contributed by atoms with E-state index in [9.17, 15) is 0 Å². The molecule has 70 valence electrons. The summed E-state index contributed by atoms with van der Waals surface area (Å²) in [4.78, 5) is 2.20. The number of nitrogens with one attached hydrogen (secondary N) is 1. The number of hydrogen-bond donors (Lipinski definition) is 1. The molecule has 1 fully saturated rings. The maximum absolute atomic E-state index is 7.68. The molecule has 0 aromatic rings. The maximum atomic E-state index is 7.68. The standard InChI is InChI=1S/C9H18N2S/c1-9(2,12-3)7-11-6-4-5-8(11)10/h10H,4-7H2,1-3H3. The molecule has 1 N–H and O–H groups in total. The van der Waals surface area contributed by atoms with Crippen LogP contribution in [0.3, 0.4) is 0 Å². The number of rotatable bonds is 3. The number of hydrogen-bond acceptors (Lipinski definition) is 2. The Kier molecular flexibility index (Phi) is 3.04. The predicted molar refractivity (Wildman–Crippen MR) is 56.1 cm³/mol. The lowest BCUT2D eigenvalue weighted by atomic mass is 10.2. The van der Waals surface area contributed by atoms with E-state index in [0.29, 0.717) is 0 Å². The molecule has 0 bridgehead atoms. The number of thioether (sulfide) groups is 1. The van der Waals surface area contributed by atoms with Gasteiger partial charge < -0.3 is 4.90 Å². The minimum atomic E-state index is 0.288. The highest BCUT2D eigenvalue weighted by Gasteiger charge is 2.24. The van der Waals surface area contributed by atoms with Gasteiger partial charge in [0.15, 0.2) is 0 Å². The van der Waals surface area contributed by atoms with Crippen LogP contribution in [0.5, 0.6) is 0 Å². The van der Waals surface area contributed by atoms with Gasteiger partial charge in [-0.25, -0.2) is 0 Å². The van der Waals surface area contributed by atoms with Gasteiger partial charge in [0.05, 0.1) is 5.84 Å². The molecule has 0 unspecified atom stereocenters. The predicted octanol–water partition coefficient (Wildman–Crippen LogP) is 2.20. The molecule has 1 rings (SSSR count). The average molecular weight is 186 g/mol. The molecule has 0 atom stereocenters. The van der Waals surface area contributed by atoms with Crippen LogP contribution < -0.4 is 0 Å². The molecule has 1 aliphatic rings. The van der Waals surface area contributed by atoms with Crippen molar-refractivity contribution in [2.75, 3.05) is 19.3 Å². The second-order valence-corrected chi connectivity index (χ2v) is 5.45. The Balaban J connectivity index is 2.45. The monoisotopic (exact) mass is 186 g/mol. The van der Waals surface area contributed by atoms with Crippen LogP contribution in [0.1, 0.15) is 26.7 Å². The van der Waals surface area contributed by atoms with E-state index in [1.165, 1.54) is 6.42 Å². The topological polar surface area (TPSA) is 27.1 Å². The van der Waals surface area contributed by atoms with Crippen molar-refractivity contribution in [3.8, 4) is 0 Å². The van der Waals surface area contributed by atoms with Gasteiger partial charge in [-0.05, 0) is 26.5 Å². The Hall–Kier alpha value is -0.180. The molecule has 0 spiro atoms. The van der Waals surface area contributed by atoms with E-state index in [2.05, 4.69) is 25.0 Å². The molecule has 12 heavy (non-hydrogen) atoms. The fraction of sp³-hybridized carbons (Fsp3) is 0.889. The summed E-state index contributed by atoms with van der Waals surface area (Å²) in [6.07, 6.45) is 4.29. The summed E-state index contributed by atoms with van der Waals surface area (Å²) >= 11 is 1.88. The van der Waals surface area contributed by atoms with Gasteiger partial charge >= 0.3 is 0 Å². The Bertz CT molecular complexity index is 177. The largest absolute Gasteiger partial charge is 0.359 e. The van der Waals surface area contributed by atoms with Gasteiger partial charge in [0, 0.05) is 24.3 Å². The van der Waals surface area contributed by atoms with Crippen LogP contribution >= 0.6 is 11.8 Å². The molecule has 1 heterocycles. The van der Waals surface area contributed by atoms with Crippen LogP contribution in [0.2, 0.25) is 0 Å². The van der Waals surface area contributed by atoms with E-state index in [-0.39, 0.29) is 4.75 Å². The lowest BCUT2D eigenvalue weighted by Gasteiger charge is -2.29. The highest BCUT2D eigenvalue weighted by Crippen LogP contribution is 2.24. The minimum absolute atomic E-state index is 0.288. The smallest absolute Gasteiger partial charge is 0.0958 e. The van der Waals surface area contributed by atoms with Crippen LogP contribution in [0, 0.1) is 5.41 Å². The minimum Gasteiger partial charge on any atom is -0.359 e. The molecule has 0 aliphatic carbocycles. The first-order valence-electron chi connectivity index (χ1n) is 4.43. The normalized spacial score (nSPS) is 18.9. The molecule has 0 aromatic carbocycles. The lowest BCUT2D eigenvalue weighted by molar-refractivity contribution is 0.410. The van der Waals surface area contributed by atoms with Crippen molar-refractivity contribution in [2.45, 2.75) is 31.4 Å². The van der Waals surface area contributed by atoms with E-state index in [0.717, 1.165) is 25.3 Å². The van der Waals surface area contributed by atoms with Crippen molar-refractivity contribution < 1.29 is 0 Å².